The molecule has 0 heterocycles. The second kappa shape index (κ2) is 6.20. The van der Waals surface area contributed by atoms with Crippen molar-refractivity contribution in [2.24, 2.45) is 0 Å². The normalized spacial score (nSPS) is 12.2. The number of Topliss-reactive ketones (excluding diaryl/α,β-unsaturated/α-hetero) is 1. The predicted octanol–water partition coefficient (Wildman–Crippen LogP) is 4.30. The van der Waals surface area contributed by atoms with Gasteiger partial charge in [-0.2, -0.15) is 0 Å². The Morgan fingerprint density at radius 2 is 1.79 bits per heavy atom. The Kier molecular flexibility index (Phi) is 4.59. The second-order valence-electron chi connectivity index (χ2n) is 4.17. The third-order valence-electron chi connectivity index (χ3n) is 2.80. The van der Waals surface area contributed by atoms with Crippen LogP contribution in [0.15, 0.2) is 48.5 Å². The molecule has 0 saturated heterocycles. The number of hydrogen-bond donors (Lipinski definition) is 1. The Morgan fingerprint density at radius 1 is 1.11 bits per heavy atom. The smallest absolute Gasteiger partial charge is 0.165 e. The molecular weight excluding hydrogens is 283 g/mol. The van der Waals surface area contributed by atoms with E-state index in [1.807, 2.05) is 6.07 Å². The summed E-state index contributed by atoms with van der Waals surface area (Å²) in [6, 6.07) is 13.7. The Morgan fingerprint density at radius 3 is 2.42 bits per heavy atom. The lowest BCUT2D eigenvalue weighted by molar-refractivity contribution is 0.0880. The van der Waals surface area contributed by atoms with E-state index in [9.17, 15) is 9.90 Å². The first-order valence-corrected chi connectivity index (χ1v) is 6.55. The van der Waals surface area contributed by atoms with Gasteiger partial charge in [0.15, 0.2) is 5.78 Å². The Labute approximate surface area is 121 Å². The molecule has 0 spiro atoms. The fourth-order valence-electron chi connectivity index (χ4n) is 1.80. The number of aliphatic hydroxyl groups excluding tert-OH is 1. The van der Waals surface area contributed by atoms with Crippen LogP contribution >= 0.6 is 23.2 Å². The molecule has 0 aliphatic heterocycles. The number of halogens is 2. The van der Waals surface area contributed by atoms with Crippen LogP contribution in [0.2, 0.25) is 10.0 Å². The van der Waals surface area contributed by atoms with E-state index in [1.54, 1.807) is 42.5 Å². The fourth-order valence-corrected chi connectivity index (χ4v) is 2.33. The highest BCUT2D eigenvalue weighted by atomic mass is 35.5. The quantitative estimate of drug-likeness (QED) is 0.854. The van der Waals surface area contributed by atoms with E-state index in [1.165, 1.54) is 0 Å². The molecule has 0 unspecified atom stereocenters. The van der Waals surface area contributed by atoms with Crippen molar-refractivity contribution in [1.29, 1.82) is 0 Å². The molecule has 0 aliphatic carbocycles. The summed E-state index contributed by atoms with van der Waals surface area (Å²) >= 11 is 11.8. The summed E-state index contributed by atoms with van der Waals surface area (Å²) in [6.45, 7) is 0. The molecule has 0 saturated carbocycles. The van der Waals surface area contributed by atoms with E-state index in [-0.39, 0.29) is 12.2 Å². The molecule has 2 nitrogen and oxygen atoms in total. The molecule has 98 valence electrons. The standard InChI is InChI=1S/C15H12Cl2O2/c16-11-6-7-12(13(17)8-11)15(19)9-14(18)10-4-2-1-3-5-10/h1-8,15,19H,9H2/t15-/m1/s1. The number of ketones is 1. The van der Waals surface area contributed by atoms with Gasteiger partial charge in [-0.25, -0.2) is 0 Å². The van der Waals surface area contributed by atoms with Crippen LogP contribution in [0.25, 0.3) is 0 Å². The van der Waals surface area contributed by atoms with Crippen LogP contribution in [0, 0.1) is 0 Å². The average Bonchev–Trinajstić information content (AvgIpc) is 2.39. The lowest BCUT2D eigenvalue weighted by Gasteiger charge is -2.12. The van der Waals surface area contributed by atoms with E-state index in [0.29, 0.717) is 21.2 Å². The third kappa shape index (κ3) is 3.57. The number of carbonyl (C=O) groups excluding carboxylic acids is 1. The zero-order valence-corrected chi connectivity index (χ0v) is 11.5. The van der Waals surface area contributed by atoms with Crippen molar-refractivity contribution in [2.75, 3.05) is 0 Å². The van der Waals surface area contributed by atoms with Gasteiger partial charge in [0.25, 0.3) is 0 Å². The van der Waals surface area contributed by atoms with Gasteiger partial charge < -0.3 is 5.11 Å². The summed E-state index contributed by atoms with van der Waals surface area (Å²) in [5, 5.41) is 10.9. The van der Waals surface area contributed by atoms with Gasteiger partial charge in [-0.05, 0) is 17.7 Å². The SMILES string of the molecule is O=C(C[C@@H](O)c1ccc(Cl)cc1Cl)c1ccccc1. The van der Waals surface area contributed by atoms with Gasteiger partial charge in [0, 0.05) is 22.0 Å². The number of carbonyl (C=O) groups is 1. The number of rotatable bonds is 4. The Balaban J connectivity index is 2.13. The minimum atomic E-state index is -0.933. The maximum absolute atomic E-state index is 12.0. The molecule has 0 aromatic heterocycles. The first-order valence-electron chi connectivity index (χ1n) is 5.79. The lowest BCUT2D eigenvalue weighted by atomic mass is 10.0. The van der Waals surface area contributed by atoms with E-state index in [0.717, 1.165) is 0 Å². The van der Waals surface area contributed by atoms with Crippen LogP contribution in [-0.4, -0.2) is 10.9 Å². The summed E-state index contributed by atoms with van der Waals surface area (Å²) in [6.07, 6.45) is -0.941. The summed E-state index contributed by atoms with van der Waals surface area (Å²) in [4.78, 5) is 12.0. The van der Waals surface area contributed by atoms with Gasteiger partial charge in [0.1, 0.15) is 0 Å². The molecule has 0 radical (unpaired) electrons. The molecule has 1 atom stereocenters. The van der Waals surface area contributed by atoms with Crippen molar-refractivity contribution in [3.05, 3.63) is 69.7 Å². The molecular formula is C15H12Cl2O2. The molecule has 0 amide bonds. The van der Waals surface area contributed by atoms with Crippen molar-refractivity contribution < 1.29 is 9.90 Å². The molecule has 0 fully saturated rings. The van der Waals surface area contributed by atoms with Crippen molar-refractivity contribution in [2.45, 2.75) is 12.5 Å². The Hall–Kier alpha value is -1.35. The monoisotopic (exact) mass is 294 g/mol. The van der Waals surface area contributed by atoms with Crippen LogP contribution in [0.4, 0.5) is 0 Å². The molecule has 1 N–H and O–H groups in total. The minimum absolute atomic E-state index is 0.00857. The summed E-state index contributed by atoms with van der Waals surface area (Å²) < 4.78 is 0. The van der Waals surface area contributed by atoms with Crippen molar-refractivity contribution in [3.63, 3.8) is 0 Å². The van der Waals surface area contributed by atoms with Gasteiger partial charge in [-0.15, -0.1) is 0 Å². The van der Waals surface area contributed by atoms with Crippen LogP contribution < -0.4 is 0 Å². The molecule has 0 bridgehead atoms. The van der Waals surface area contributed by atoms with Gasteiger partial charge in [0.2, 0.25) is 0 Å². The molecule has 2 aromatic carbocycles. The highest BCUT2D eigenvalue weighted by Gasteiger charge is 2.17. The Bertz CT molecular complexity index is 582. The molecule has 2 aromatic rings. The highest BCUT2D eigenvalue weighted by Crippen LogP contribution is 2.28. The summed E-state index contributed by atoms with van der Waals surface area (Å²) in [5.41, 5.74) is 1.09. The van der Waals surface area contributed by atoms with E-state index < -0.39 is 6.10 Å². The average molecular weight is 295 g/mol. The summed E-state index contributed by atoms with van der Waals surface area (Å²) in [7, 11) is 0. The molecule has 2 rings (SSSR count). The fraction of sp³-hybridized carbons (Fsp3) is 0.133. The van der Waals surface area contributed by atoms with Gasteiger partial charge in [-0.3, -0.25) is 4.79 Å². The van der Waals surface area contributed by atoms with Crippen LogP contribution in [-0.2, 0) is 0 Å². The van der Waals surface area contributed by atoms with Crippen LogP contribution in [0.1, 0.15) is 28.4 Å². The maximum Gasteiger partial charge on any atom is 0.165 e. The van der Waals surface area contributed by atoms with Gasteiger partial charge in [0.05, 0.1) is 6.10 Å². The van der Waals surface area contributed by atoms with Crippen molar-refractivity contribution >= 4 is 29.0 Å². The van der Waals surface area contributed by atoms with Crippen molar-refractivity contribution in [1.82, 2.24) is 0 Å². The minimum Gasteiger partial charge on any atom is -0.388 e. The largest absolute Gasteiger partial charge is 0.388 e. The number of benzene rings is 2. The third-order valence-corrected chi connectivity index (χ3v) is 3.36. The van der Waals surface area contributed by atoms with Crippen molar-refractivity contribution in [3.8, 4) is 0 Å². The first-order chi connectivity index (χ1) is 9.08. The lowest BCUT2D eigenvalue weighted by Crippen LogP contribution is -2.07. The topological polar surface area (TPSA) is 37.3 Å². The van der Waals surface area contributed by atoms with E-state index in [2.05, 4.69) is 0 Å². The zero-order chi connectivity index (χ0) is 13.8. The maximum atomic E-state index is 12.0. The number of hydrogen-bond acceptors (Lipinski definition) is 2. The van der Waals surface area contributed by atoms with E-state index in [4.69, 9.17) is 23.2 Å². The van der Waals surface area contributed by atoms with E-state index >= 15 is 0 Å². The summed E-state index contributed by atoms with van der Waals surface area (Å²) in [5.74, 6) is -0.126. The molecule has 0 aliphatic rings. The van der Waals surface area contributed by atoms with Crippen LogP contribution in [0.5, 0.6) is 0 Å². The first kappa shape index (κ1) is 14.1. The number of aliphatic hydroxyl groups is 1. The predicted molar refractivity (Wildman–Crippen MR) is 76.8 cm³/mol. The molecule has 19 heavy (non-hydrogen) atoms. The van der Waals surface area contributed by atoms with Gasteiger partial charge >= 0.3 is 0 Å². The van der Waals surface area contributed by atoms with Crippen LogP contribution in [0.3, 0.4) is 0 Å². The second-order valence-corrected chi connectivity index (χ2v) is 5.02. The molecule has 4 heteroatoms. The van der Waals surface area contributed by atoms with Gasteiger partial charge in [-0.1, -0.05) is 59.6 Å². The highest BCUT2D eigenvalue weighted by molar-refractivity contribution is 6.35. The zero-order valence-electron chi connectivity index (χ0n) is 10.0.